The van der Waals surface area contributed by atoms with Crippen molar-refractivity contribution < 1.29 is 4.42 Å². The topological polar surface area (TPSA) is 16.4 Å². The molecule has 0 bridgehead atoms. The maximum absolute atomic E-state index is 6.89. The van der Waals surface area contributed by atoms with Crippen molar-refractivity contribution in [2.75, 3.05) is 4.90 Å². The van der Waals surface area contributed by atoms with E-state index in [-0.39, 0.29) is 0 Å². The van der Waals surface area contributed by atoms with Crippen molar-refractivity contribution in [3.63, 3.8) is 0 Å². The standard InChI is InChI=1S/C55H37NO/c1-4-17-38(18-5-1)39-31-33-42(34-32-39)56(52-29-14-11-23-44(52)40-19-6-2-7-20-40)43-35-36-46-45-24-10-13-27-49(45)55(51(46)37-43,41-21-8-3-9-22-41)50-28-16-26-48-47-25-12-15-30-53(47)57-54(48)50/h1-37H. The van der Waals surface area contributed by atoms with E-state index in [1.165, 1.54) is 44.5 Å². The van der Waals surface area contributed by atoms with E-state index in [2.05, 4.69) is 229 Å². The largest absolute Gasteiger partial charge is 0.456 e. The van der Waals surface area contributed by atoms with E-state index in [0.29, 0.717) is 0 Å². The lowest BCUT2D eigenvalue weighted by molar-refractivity contribution is 0.648. The van der Waals surface area contributed by atoms with Crippen molar-refractivity contribution in [3.8, 4) is 33.4 Å². The molecule has 0 fully saturated rings. The van der Waals surface area contributed by atoms with Crippen LogP contribution in [0.5, 0.6) is 0 Å². The summed E-state index contributed by atoms with van der Waals surface area (Å²) in [5.74, 6) is 0. The molecule has 1 heterocycles. The molecule has 1 atom stereocenters. The number of rotatable bonds is 7. The van der Waals surface area contributed by atoms with E-state index >= 15 is 0 Å². The van der Waals surface area contributed by atoms with Gasteiger partial charge in [0.05, 0.1) is 11.1 Å². The van der Waals surface area contributed by atoms with E-state index < -0.39 is 5.41 Å². The van der Waals surface area contributed by atoms with Gasteiger partial charge in [0.1, 0.15) is 11.2 Å². The van der Waals surface area contributed by atoms with Gasteiger partial charge in [0.2, 0.25) is 0 Å². The Bertz CT molecular complexity index is 3060. The molecule has 1 aromatic heterocycles. The summed E-state index contributed by atoms with van der Waals surface area (Å²) in [7, 11) is 0. The summed E-state index contributed by atoms with van der Waals surface area (Å²) in [4.78, 5) is 2.43. The molecule has 1 aliphatic rings. The average Bonchev–Trinajstić information content (AvgIpc) is 3.82. The van der Waals surface area contributed by atoms with Gasteiger partial charge < -0.3 is 9.32 Å². The fourth-order valence-corrected chi connectivity index (χ4v) is 9.29. The fourth-order valence-electron chi connectivity index (χ4n) is 9.29. The van der Waals surface area contributed by atoms with Gasteiger partial charge in [0.25, 0.3) is 0 Å². The van der Waals surface area contributed by atoms with Gasteiger partial charge in [-0.25, -0.2) is 0 Å². The smallest absolute Gasteiger partial charge is 0.140 e. The van der Waals surface area contributed by atoms with Crippen LogP contribution < -0.4 is 4.90 Å². The molecule has 0 amide bonds. The quantitative estimate of drug-likeness (QED) is 0.163. The third kappa shape index (κ3) is 5.18. The zero-order valence-corrected chi connectivity index (χ0v) is 31.2. The molecule has 2 heteroatoms. The molecule has 10 aromatic rings. The number of para-hydroxylation sites is 3. The van der Waals surface area contributed by atoms with E-state index in [1.807, 2.05) is 0 Å². The second-order valence-electron chi connectivity index (χ2n) is 14.8. The van der Waals surface area contributed by atoms with Crippen LogP contribution in [-0.4, -0.2) is 0 Å². The third-order valence-electron chi connectivity index (χ3n) is 11.8. The summed E-state index contributed by atoms with van der Waals surface area (Å²) in [6.45, 7) is 0. The SMILES string of the molecule is c1ccc(-c2ccc(N(c3ccc4c(c3)C(c3ccccc3)(c3cccc5c3oc3ccccc35)c3ccccc3-4)c3ccccc3-c3ccccc3)cc2)cc1. The highest BCUT2D eigenvalue weighted by molar-refractivity contribution is 6.07. The van der Waals surface area contributed by atoms with Crippen LogP contribution in [0.3, 0.4) is 0 Å². The van der Waals surface area contributed by atoms with Gasteiger partial charge in [0, 0.05) is 33.3 Å². The van der Waals surface area contributed by atoms with Gasteiger partial charge in [0.15, 0.2) is 0 Å². The van der Waals surface area contributed by atoms with Crippen LogP contribution in [0.25, 0.3) is 55.3 Å². The van der Waals surface area contributed by atoms with Crippen molar-refractivity contribution in [1.82, 2.24) is 0 Å². The lowest BCUT2D eigenvalue weighted by atomic mass is 9.67. The molecule has 0 spiro atoms. The molecule has 57 heavy (non-hydrogen) atoms. The first-order chi connectivity index (χ1) is 28.3. The third-order valence-corrected chi connectivity index (χ3v) is 11.8. The van der Waals surface area contributed by atoms with Crippen molar-refractivity contribution in [2.24, 2.45) is 0 Å². The Kier molecular flexibility index (Phi) is 7.75. The zero-order valence-electron chi connectivity index (χ0n) is 31.2. The minimum atomic E-state index is -0.668. The molecular formula is C55H37NO. The molecule has 0 aliphatic heterocycles. The van der Waals surface area contributed by atoms with Gasteiger partial charge in [-0.3, -0.25) is 0 Å². The number of anilines is 3. The Balaban J connectivity index is 1.20. The number of benzene rings is 9. The molecule has 0 saturated carbocycles. The highest BCUT2D eigenvalue weighted by Crippen LogP contribution is 2.59. The van der Waals surface area contributed by atoms with E-state index in [1.54, 1.807) is 0 Å². The molecule has 2 nitrogen and oxygen atoms in total. The molecule has 9 aromatic carbocycles. The van der Waals surface area contributed by atoms with Crippen molar-refractivity contribution in [1.29, 1.82) is 0 Å². The fraction of sp³-hybridized carbons (Fsp3) is 0.0182. The second kappa shape index (κ2) is 13.4. The molecule has 0 saturated heterocycles. The highest BCUT2D eigenvalue weighted by atomic mass is 16.3. The van der Waals surface area contributed by atoms with Crippen LogP contribution in [-0.2, 0) is 5.41 Å². The zero-order chi connectivity index (χ0) is 37.8. The van der Waals surface area contributed by atoms with Gasteiger partial charge in [-0.2, -0.15) is 0 Å². The highest BCUT2D eigenvalue weighted by Gasteiger charge is 2.48. The maximum Gasteiger partial charge on any atom is 0.140 e. The average molecular weight is 728 g/mol. The second-order valence-corrected chi connectivity index (χ2v) is 14.8. The van der Waals surface area contributed by atoms with E-state index in [4.69, 9.17) is 4.42 Å². The van der Waals surface area contributed by atoms with Gasteiger partial charge in [-0.1, -0.05) is 188 Å². The molecule has 0 N–H and O–H groups in total. The molecule has 1 aliphatic carbocycles. The molecular weight excluding hydrogens is 691 g/mol. The Morgan fingerprint density at radius 2 is 0.912 bits per heavy atom. The summed E-state index contributed by atoms with van der Waals surface area (Å²) < 4.78 is 6.89. The van der Waals surface area contributed by atoms with Crippen LogP contribution in [0.1, 0.15) is 22.3 Å². The van der Waals surface area contributed by atoms with Crippen molar-refractivity contribution in [3.05, 3.63) is 247 Å². The van der Waals surface area contributed by atoms with Crippen LogP contribution in [0.15, 0.2) is 229 Å². The number of fused-ring (bicyclic) bond motifs is 6. The van der Waals surface area contributed by atoms with E-state index in [9.17, 15) is 0 Å². The van der Waals surface area contributed by atoms with Crippen molar-refractivity contribution in [2.45, 2.75) is 5.41 Å². The summed E-state index contributed by atoms with van der Waals surface area (Å²) in [5.41, 5.74) is 16.4. The number of hydrogen-bond donors (Lipinski definition) is 0. The van der Waals surface area contributed by atoms with Gasteiger partial charge in [-0.15, -0.1) is 0 Å². The molecule has 0 radical (unpaired) electrons. The van der Waals surface area contributed by atoms with Crippen LogP contribution in [0.2, 0.25) is 0 Å². The lowest BCUT2D eigenvalue weighted by Crippen LogP contribution is -2.29. The summed E-state index contributed by atoms with van der Waals surface area (Å²) >= 11 is 0. The normalized spacial score (nSPS) is 14.4. The van der Waals surface area contributed by atoms with Crippen LogP contribution in [0.4, 0.5) is 17.1 Å². The first-order valence-corrected chi connectivity index (χ1v) is 19.6. The van der Waals surface area contributed by atoms with Crippen LogP contribution in [0, 0.1) is 0 Å². The first kappa shape index (κ1) is 33.0. The summed E-state index contributed by atoms with van der Waals surface area (Å²) in [6, 6.07) is 81.1. The Hall–Kier alpha value is -7.42. The monoisotopic (exact) mass is 727 g/mol. The van der Waals surface area contributed by atoms with Gasteiger partial charge >= 0.3 is 0 Å². The van der Waals surface area contributed by atoms with Crippen molar-refractivity contribution >= 4 is 39.0 Å². The minimum Gasteiger partial charge on any atom is -0.456 e. The minimum absolute atomic E-state index is 0.668. The number of furan rings is 1. The number of nitrogens with zero attached hydrogens (tertiary/aromatic N) is 1. The Labute approximate surface area is 332 Å². The number of hydrogen-bond acceptors (Lipinski definition) is 2. The predicted octanol–water partition coefficient (Wildman–Crippen LogP) is 14.8. The Morgan fingerprint density at radius 1 is 0.351 bits per heavy atom. The lowest BCUT2D eigenvalue weighted by Gasteiger charge is -2.35. The first-order valence-electron chi connectivity index (χ1n) is 19.6. The van der Waals surface area contributed by atoms with Crippen LogP contribution >= 0.6 is 0 Å². The Morgan fingerprint density at radius 3 is 1.70 bits per heavy atom. The molecule has 11 rings (SSSR count). The summed E-state index contributed by atoms with van der Waals surface area (Å²) in [6.07, 6.45) is 0. The maximum atomic E-state index is 6.89. The predicted molar refractivity (Wildman–Crippen MR) is 237 cm³/mol. The molecule has 268 valence electrons. The molecule has 1 unspecified atom stereocenters. The summed E-state index contributed by atoms with van der Waals surface area (Å²) in [5, 5.41) is 2.25. The van der Waals surface area contributed by atoms with Gasteiger partial charge in [-0.05, 0) is 80.9 Å². The van der Waals surface area contributed by atoms with E-state index in [0.717, 1.165) is 50.1 Å².